The molecule has 4 nitrogen and oxygen atoms in total. The largest absolute Gasteiger partial charge is 0.377 e. The van der Waals surface area contributed by atoms with Crippen LogP contribution in [0.4, 0.5) is 5.82 Å². The Bertz CT molecular complexity index is 655. The van der Waals surface area contributed by atoms with Gasteiger partial charge in [0.1, 0.15) is 12.1 Å². The zero-order valence-electron chi connectivity index (χ0n) is 11.2. The van der Waals surface area contributed by atoms with Crippen LogP contribution in [0.25, 0.3) is 10.9 Å². The molecule has 3 heterocycles. The van der Waals surface area contributed by atoms with E-state index >= 15 is 0 Å². The van der Waals surface area contributed by atoms with Gasteiger partial charge < -0.3 is 9.64 Å². The summed E-state index contributed by atoms with van der Waals surface area (Å²) >= 11 is 0. The van der Waals surface area contributed by atoms with E-state index in [2.05, 4.69) is 17.0 Å². The number of carbonyl (C=O) groups excluding carboxylic acids is 1. The molecule has 0 aliphatic carbocycles. The highest BCUT2D eigenvalue weighted by atomic mass is 16.5. The topological polar surface area (TPSA) is 42.4 Å². The summed E-state index contributed by atoms with van der Waals surface area (Å²) in [6.45, 7) is 1.61. The van der Waals surface area contributed by atoms with E-state index < -0.39 is 0 Å². The Labute approximate surface area is 117 Å². The zero-order valence-corrected chi connectivity index (χ0v) is 11.2. The van der Waals surface area contributed by atoms with Crippen LogP contribution in [-0.2, 0) is 4.74 Å². The van der Waals surface area contributed by atoms with E-state index in [-0.39, 0.29) is 0 Å². The van der Waals surface area contributed by atoms with Crippen LogP contribution >= 0.6 is 0 Å². The Kier molecular flexibility index (Phi) is 2.70. The van der Waals surface area contributed by atoms with Crippen LogP contribution in [0.1, 0.15) is 23.2 Å². The fourth-order valence-corrected chi connectivity index (χ4v) is 3.35. The Hall–Kier alpha value is -1.94. The molecular weight excluding hydrogens is 252 g/mol. The van der Waals surface area contributed by atoms with Crippen molar-refractivity contribution in [1.82, 2.24) is 4.98 Å². The number of anilines is 1. The standard InChI is InChI=1S/C16H16N2O2/c19-8-11-1-5-15-12(7-11)2-6-16(17-15)18-13-3-4-14(18)10-20-9-13/h1-2,5-8,13-14H,3-4,9-10H2/t13-,14+. The second-order valence-electron chi connectivity index (χ2n) is 5.57. The molecule has 0 unspecified atom stereocenters. The van der Waals surface area contributed by atoms with Crippen molar-refractivity contribution in [2.45, 2.75) is 24.9 Å². The van der Waals surface area contributed by atoms with Gasteiger partial charge in [-0.2, -0.15) is 0 Å². The highest BCUT2D eigenvalue weighted by Gasteiger charge is 2.38. The second kappa shape index (κ2) is 4.56. The quantitative estimate of drug-likeness (QED) is 0.784. The number of ether oxygens (including phenoxy) is 1. The first-order chi connectivity index (χ1) is 9.85. The average molecular weight is 268 g/mol. The lowest BCUT2D eigenvalue weighted by atomic mass is 10.1. The Morgan fingerprint density at radius 3 is 2.70 bits per heavy atom. The highest BCUT2D eigenvalue weighted by molar-refractivity contribution is 5.87. The number of pyridine rings is 1. The molecule has 4 heteroatoms. The number of morpholine rings is 1. The lowest BCUT2D eigenvalue weighted by molar-refractivity contribution is 0.0902. The molecule has 0 spiro atoms. The van der Waals surface area contributed by atoms with Crippen molar-refractivity contribution < 1.29 is 9.53 Å². The van der Waals surface area contributed by atoms with Gasteiger partial charge in [-0.05, 0) is 43.2 Å². The van der Waals surface area contributed by atoms with Gasteiger partial charge in [0, 0.05) is 10.9 Å². The summed E-state index contributed by atoms with van der Waals surface area (Å²) in [6, 6.07) is 10.7. The molecule has 1 aromatic carbocycles. The van der Waals surface area contributed by atoms with E-state index in [0.29, 0.717) is 17.6 Å². The van der Waals surface area contributed by atoms with Crippen LogP contribution in [0.3, 0.4) is 0 Å². The number of aromatic nitrogens is 1. The minimum atomic E-state index is 0.466. The molecule has 2 saturated heterocycles. The molecular formula is C16H16N2O2. The smallest absolute Gasteiger partial charge is 0.150 e. The van der Waals surface area contributed by atoms with Gasteiger partial charge in [-0.3, -0.25) is 4.79 Å². The van der Waals surface area contributed by atoms with Crippen molar-refractivity contribution in [1.29, 1.82) is 0 Å². The maximum atomic E-state index is 10.8. The molecule has 1 aromatic heterocycles. The maximum Gasteiger partial charge on any atom is 0.150 e. The van der Waals surface area contributed by atoms with Crippen molar-refractivity contribution >= 4 is 23.0 Å². The first-order valence-corrected chi connectivity index (χ1v) is 7.07. The van der Waals surface area contributed by atoms with Gasteiger partial charge in [0.05, 0.1) is 30.8 Å². The predicted octanol–water partition coefficient (Wildman–Crippen LogP) is 2.41. The summed E-state index contributed by atoms with van der Waals surface area (Å²) in [6.07, 6.45) is 3.25. The molecule has 2 atom stereocenters. The van der Waals surface area contributed by atoms with E-state index in [1.165, 1.54) is 12.8 Å². The van der Waals surface area contributed by atoms with Gasteiger partial charge in [-0.15, -0.1) is 0 Å². The fourth-order valence-electron chi connectivity index (χ4n) is 3.35. The number of nitrogens with zero attached hydrogens (tertiary/aromatic N) is 2. The van der Waals surface area contributed by atoms with E-state index in [1.807, 2.05) is 18.2 Å². The van der Waals surface area contributed by atoms with Crippen LogP contribution in [0.5, 0.6) is 0 Å². The highest BCUT2D eigenvalue weighted by Crippen LogP contribution is 2.33. The number of benzene rings is 1. The molecule has 20 heavy (non-hydrogen) atoms. The van der Waals surface area contributed by atoms with Gasteiger partial charge in [-0.25, -0.2) is 4.98 Å². The third-order valence-corrected chi connectivity index (χ3v) is 4.34. The maximum absolute atomic E-state index is 10.8. The van der Waals surface area contributed by atoms with Crippen molar-refractivity contribution in [2.24, 2.45) is 0 Å². The van der Waals surface area contributed by atoms with E-state index in [9.17, 15) is 4.79 Å². The Balaban J connectivity index is 1.75. The van der Waals surface area contributed by atoms with Crippen molar-refractivity contribution in [3.8, 4) is 0 Å². The summed E-state index contributed by atoms with van der Waals surface area (Å²) in [5, 5.41) is 1.01. The molecule has 2 aliphatic rings. The number of fused-ring (bicyclic) bond motifs is 3. The monoisotopic (exact) mass is 268 g/mol. The minimum absolute atomic E-state index is 0.466. The van der Waals surface area contributed by atoms with Crippen LogP contribution in [-0.4, -0.2) is 36.6 Å². The van der Waals surface area contributed by atoms with Crippen molar-refractivity contribution in [2.75, 3.05) is 18.1 Å². The van der Waals surface area contributed by atoms with E-state index in [0.717, 1.165) is 36.2 Å². The summed E-state index contributed by atoms with van der Waals surface area (Å²) in [5.41, 5.74) is 1.64. The van der Waals surface area contributed by atoms with Crippen LogP contribution in [0, 0.1) is 0 Å². The summed E-state index contributed by atoms with van der Waals surface area (Å²) in [7, 11) is 0. The van der Waals surface area contributed by atoms with Gasteiger partial charge in [0.2, 0.25) is 0 Å². The third-order valence-electron chi connectivity index (χ3n) is 4.34. The normalized spacial score (nSPS) is 25.1. The second-order valence-corrected chi connectivity index (χ2v) is 5.57. The van der Waals surface area contributed by atoms with Gasteiger partial charge in [0.25, 0.3) is 0 Å². The van der Waals surface area contributed by atoms with Gasteiger partial charge >= 0.3 is 0 Å². The predicted molar refractivity (Wildman–Crippen MR) is 77.2 cm³/mol. The first-order valence-electron chi connectivity index (χ1n) is 7.07. The van der Waals surface area contributed by atoms with Crippen LogP contribution in [0.2, 0.25) is 0 Å². The lowest BCUT2D eigenvalue weighted by Crippen LogP contribution is -2.46. The molecule has 2 aliphatic heterocycles. The summed E-state index contributed by atoms with van der Waals surface area (Å²) in [4.78, 5) is 18.0. The molecule has 0 saturated carbocycles. The number of hydrogen-bond donors (Lipinski definition) is 0. The van der Waals surface area contributed by atoms with E-state index in [4.69, 9.17) is 9.72 Å². The number of aldehydes is 1. The minimum Gasteiger partial charge on any atom is -0.377 e. The third kappa shape index (κ3) is 1.79. The van der Waals surface area contributed by atoms with Crippen molar-refractivity contribution in [3.63, 3.8) is 0 Å². The molecule has 102 valence electrons. The summed E-state index contributed by atoms with van der Waals surface area (Å²) < 4.78 is 5.62. The average Bonchev–Trinajstić information content (AvgIpc) is 2.75. The van der Waals surface area contributed by atoms with Gasteiger partial charge in [-0.1, -0.05) is 0 Å². The summed E-state index contributed by atoms with van der Waals surface area (Å²) in [5.74, 6) is 1.03. The SMILES string of the molecule is O=Cc1ccc2nc(N3[C@@H]4CC[C@H]3COC4)ccc2c1. The zero-order chi connectivity index (χ0) is 13.5. The molecule has 0 amide bonds. The molecule has 2 aromatic rings. The molecule has 4 rings (SSSR count). The van der Waals surface area contributed by atoms with Crippen LogP contribution in [0.15, 0.2) is 30.3 Å². The fraction of sp³-hybridized carbons (Fsp3) is 0.375. The van der Waals surface area contributed by atoms with Crippen molar-refractivity contribution in [3.05, 3.63) is 35.9 Å². The van der Waals surface area contributed by atoms with E-state index in [1.54, 1.807) is 0 Å². The Morgan fingerprint density at radius 2 is 1.95 bits per heavy atom. The number of hydrogen-bond acceptors (Lipinski definition) is 4. The van der Waals surface area contributed by atoms with Gasteiger partial charge in [0.15, 0.2) is 0 Å². The molecule has 2 bridgehead atoms. The molecule has 0 N–H and O–H groups in total. The first kappa shape index (κ1) is 11.9. The number of rotatable bonds is 2. The van der Waals surface area contributed by atoms with Crippen LogP contribution < -0.4 is 4.90 Å². The Morgan fingerprint density at radius 1 is 1.15 bits per heavy atom. The lowest BCUT2D eigenvalue weighted by Gasteiger charge is -2.35. The molecule has 2 fully saturated rings. The number of carbonyl (C=O) groups is 1. The molecule has 0 radical (unpaired) electrons.